The molecule has 6 heteroatoms. The molecule has 5 nitrogen and oxygen atoms in total. The van der Waals surface area contributed by atoms with Crippen molar-refractivity contribution in [3.8, 4) is 5.75 Å². The maximum absolute atomic E-state index is 11.4. The SMILES string of the molecule is CC(=O)Nc1cccc(CCN2CCCC2CN2c3cc(Cl)ccc3COc3ccccc32)c1. The lowest BCUT2D eigenvalue weighted by molar-refractivity contribution is -0.114. The van der Waals surface area contributed by atoms with E-state index in [1.54, 1.807) is 6.92 Å². The first-order valence-electron chi connectivity index (χ1n) is 12.0. The van der Waals surface area contributed by atoms with Gasteiger partial charge in [-0.3, -0.25) is 9.69 Å². The van der Waals surface area contributed by atoms with Gasteiger partial charge >= 0.3 is 0 Å². The van der Waals surface area contributed by atoms with E-state index in [2.05, 4.69) is 51.5 Å². The fraction of sp³-hybridized carbons (Fsp3) is 0.321. The summed E-state index contributed by atoms with van der Waals surface area (Å²) in [6.45, 7) is 5.06. The molecular formula is C28H30ClN3O2. The largest absolute Gasteiger partial charge is 0.487 e. The number of para-hydroxylation sites is 2. The van der Waals surface area contributed by atoms with Crippen LogP contribution >= 0.6 is 11.6 Å². The Bertz CT molecular complexity index is 1180. The minimum atomic E-state index is -0.0427. The first-order valence-corrected chi connectivity index (χ1v) is 12.3. The molecule has 1 atom stereocenters. The average molecular weight is 476 g/mol. The number of fused-ring (bicyclic) bond motifs is 2. The zero-order valence-electron chi connectivity index (χ0n) is 19.5. The number of rotatable bonds is 6. The van der Waals surface area contributed by atoms with Crippen LogP contribution in [0, 0.1) is 0 Å². The van der Waals surface area contributed by atoms with Crippen molar-refractivity contribution in [1.29, 1.82) is 0 Å². The van der Waals surface area contributed by atoms with E-state index in [1.165, 1.54) is 18.4 Å². The Labute approximate surface area is 206 Å². The van der Waals surface area contributed by atoms with Gasteiger partial charge in [0.2, 0.25) is 5.91 Å². The van der Waals surface area contributed by atoms with Gasteiger partial charge in [0.1, 0.15) is 12.4 Å². The van der Waals surface area contributed by atoms with Crippen molar-refractivity contribution in [1.82, 2.24) is 4.90 Å². The van der Waals surface area contributed by atoms with Gasteiger partial charge in [0.15, 0.2) is 0 Å². The number of anilines is 3. The third-order valence-corrected chi connectivity index (χ3v) is 6.94. The Balaban J connectivity index is 1.35. The molecule has 1 N–H and O–H groups in total. The average Bonchev–Trinajstić information content (AvgIpc) is 3.21. The molecule has 0 aliphatic carbocycles. The van der Waals surface area contributed by atoms with Crippen molar-refractivity contribution in [3.63, 3.8) is 0 Å². The maximum atomic E-state index is 11.4. The number of hydrogen-bond donors (Lipinski definition) is 1. The van der Waals surface area contributed by atoms with E-state index >= 15 is 0 Å². The number of benzene rings is 3. The molecule has 1 amide bonds. The van der Waals surface area contributed by atoms with Crippen molar-refractivity contribution < 1.29 is 9.53 Å². The second-order valence-electron chi connectivity index (χ2n) is 9.10. The summed E-state index contributed by atoms with van der Waals surface area (Å²) in [5, 5.41) is 3.62. The maximum Gasteiger partial charge on any atom is 0.221 e. The Morgan fingerprint density at radius 3 is 2.85 bits per heavy atom. The van der Waals surface area contributed by atoms with Gasteiger partial charge in [-0.05, 0) is 67.8 Å². The number of carbonyl (C=O) groups is 1. The van der Waals surface area contributed by atoms with Crippen LogP contribution in [0.25, 0.3) is 0 Å². The smallest absolute Gasteiger partial charge is 0.221 e. The zero-order chi connectivity index (χ0) is 23.5. The van der Waals surface area contributed by atoms with Crippen LogP contribution < -0.4 is 15.0 Å². The van der Waals surface area contributed by atoms with E-state index < -0.39 is 0 Å². The Kier molecular flexibility index (Phi) is 6.75. The normalized spacial score (nSPS) is 17.5. The Hall–Kier alpha value is -3.02. The van der Waals surface area contributed by atoms with Crippen LogP contribution in [0.3, 0.4) is 0 Å². The fourth-order valence-electron chi connectivity index (χ4n) is 5.08. The van der Waals surface area contributed by atoms with Gasteiger partial charge in [-0.15, -0.1) is 0 Å². The molecule has 0 spiro atoms. The molecule has 3 aromatic rings. The summed E-state index contributed by atoms with van der Waals surface area (Å²) < 4.78 is 6.15. The molecule has 3 aromatic carbocycles. The van der Waals surface area contributed by atoms with Gasteiger partial charge in [0, 0.05) is 48.0 Å². The van der Waals surface area contributed by atoms with Crippen LogP contribution in [-0.2, 0) is 17.8 Å². The number of nitrogens with zero attached hydrogens (tertiary/aromatic N) is 2. The highest BCUT2D eigenvalue weighted by atomic mass is 35.5. The summed E-state index contributed by atoms with van der Waals surface area (Å²) in [5.41, 5.74) is 5.48. The van der Waals surface area contributed by atoms with Gasteiger partial charge in [0.25, 0.3) is 0 Å². The third kappa shape index (κ3) is 5.06. The Morgan fingerprint density at radius 2 is 1.97 bits per heavy atom. The summed E-state index contributed by atoms with van der Waals surface area (Å²) in [5.74, 6) is 0.869. The predicted octanol–water partition coefficient (Wildman–Crippen LogP) is 6.04. The molecule has 1 fully saturated rings. The van der Waals surface area contributed by atoms with Crippen LogP contribution in [0.4, 0.5) is 17.1 Å². The first kappa shape index (κ1) is 22.8. The van der Waals surface area contributed by atoms with Crippen LogP contribution in [-0.4, -0.2) is 36.5 Å². The lowest BCUT2D eigenvalue weighted by Crippen LogP contribution is -2.39. The van der Waals surface area contributed by atoms with Crippen LogP contribution in [0.15, 0.2) is 66.7 Å². The quantitative estimate of drug-likeness (QED) is 0.472. The fourth-order valence-corrected chi connectivity index (χ4v) is 5.25. The van der Waals surface area contributed by atoms with Gasteiger partial charge in [-0.2, -0.15) is 0 Å². The van der Waals surface area contributed by atoms with Gasteiger partial charge < -0.3 is 15.0 Å². The van der Waals surface area contributed by atoms with E-state index in [0.29, 0.717) is 12.6 Å². The highest BCUT2D eigenvalue weighted by Crippen LogP contribution is 2.41. The minimum absolute atomic E-state index is 0.0427. The van der Waals surface area contributed by atoms with E-state index in [0.717, 1.165) is 59.5 Å². The molecule has 176 valence electrons. The summed E-state index contributed by atoms with van der Waals surface area (Å²) in [7, 11) is 0. The molecule has 2 heterocycles. The molecular weight excluding hydrogens is 446 g/mol. The van der Waals surface area contributed by atoms with Gasteiger partial charge in [0.05, 0.1) is 5.69 Å². The molecule has 1 saturated heterocycles. The molecule has 34 heavy (non-hydrogen) atoms. The molecule has 2 aliphatic heterocycles. The van der Waals surface area contributed by atoms with E-state index in [9.17, 15) is 4.79 Å². The number of likely N-dealkylation sites (tertiary alicyclic amines) is 1. The van der Waals surface area contributed by atoms with E-state index in [-0.39, 0.29) is 5.91 Å². The minimum Gasteiger partial charge on any atom is -0.487 e. The number of hydrogen-bond acceptors (Lipinski definition) is 4. The molecule has 5 rings (SSSR count). The van der Waals surface area contributed by atoms with E-state index in [1.807, 2.05) is 30.3 Å². The van der Waals surface area contributed by atoms with Gasteiger partial charge in [-0.25, -0.2) is 0 Å². The number of nitrogens with one attached hydrogen (secondary N) is 1. The second kappa shape index (κ2) is 10.1. The Morgan fingerprint density at radius 1 is 1.09 bits per heavy atom. The van der Waals surface area contributed by atoms with Gasteiger partial charge in [-0.1, -0.05) is 41.9 Å². The number of amides is 1. The summed E-state index contributed by atoms with van der Waals surface area (Å²) >= 11 is 6.43. The topological polar surface area (TPSA) is 44.8 Å². The second-order valence-corrected chi connectivity index (χ2v) is 9.54. The molecule has 0 bridgehead atoms. The van der Waals surface area contributed by atoms with Crippen molar-refractivity contribution in [2.24, 2.45) is 0 Å². The molecule has 0 saturated carbocycles. The third-order valence-electron chi connectivity index (χ3n) is 6.70. The first-order chi connectivity index (χ1) is 16.6. The lowest BCUT2D eigenvalue weighted by Gasteiger charge is -2.33. The van der Waals surface area contributed by atoms with Crippen LogP contribution in [0.5, 0.6) is 5.75 Å². The zero-order valence-corrected chi connectivity index (χ0v) is 20.2. The van der Waals surface area contributed by atoms with Crippen molar-refractivity contribution in [2.45, 2.75) is 38.8 Å². The molecule has 2 aliphatic rings. The number of ether oxygens (including phenoxy) is 1. The lowest BCUT2D eigenvalue weighted by atomic mass is 10.1. The molecule has 0 radical (unpaired) electrons. The molecule has 1 unspecified atom stereocenters. The highest BCUT2D eigenvalue weighted by molar-refractivity contribution is 6.30. The van der Waals surface area contributed by atoms with E-state index in [4.69, 9.17) is 16.3 Å². The summed E-state index contributed by atoms with van der Waals surface area (Å²) in [6.07, 6.45) is 3.32. The van der Waals surface area contributed by atoms with Crippen molar-refractivity contribution in [3.05, 3.63) is 82.9 Å². The van der Waals surface area contributed by atoms with Crippen molar-refractivity contribution in [2.75, 3.05) is 29.9 Å². The number of halogens is 1. The highest BCUT2D eigenvalue weighted by Gasteiger charge is 2.30. The van der Waals surface area contributed by atoms with Crippen LogP contribution in [0.2, 0.25) is 5.02 Å². The molecule has 0 aromatic heterocycles. The monoisotopic (exact) mass is 475 g/mol. The standard InChI is InChI=1S/C28H30ClN3O2/c1-20(33)30-24-7-4-6-21(16-24)13-15-31-14-5-8-25(31)18-32-26-9-2-3-10-28(26)34-19-22-11-12-23(29)17-27(22)32/h2-4,6-7,9-12,16-17,25H,5,8,13-15,18-19H2,1H3,(H,30,33). The predicted molar refractivity (Wildman–Crippen MR) is 138 cm³/mol. The van der Waals surface area contributed by atoms with Crippen molar-refractivity contribution >= 4 is 34.6 Å². The summed E-state index contributed by atoms with van der Waals surface area (Å²) in [6, 6.07) is 23.0. The summed E-state index contributed by atoms with van der Waals surface area (Å²) in [4.78, 5) is 16.4. The number of carbonyl (C=O) groups excluding carboxylic acids is 1. The van der Waals surface area contributed by atoms with Crippen LogP contribution in [0.1, 0.15) is 30.9 Å².